The number of aryl methyl sites for hydroxylation is 2. The summed E-state index contributed by atoms with van der Waals surface area (Å²) in [7, 11) is 0. The van der Waals surface area contributed by atoms with Crippen LogP contribution in [-0.2, 0) is 0 Å². The lowest BCUT2D eigenvalue weighted by Gasteiger charge is -2.05. The number of hydrogen-bond acceptors (Lipinski definition) is 1. The van der Waals surface area contributed by atoms with Crippen molar-refractivity contribution in [1.29, 1.82) is 0 Å². The first-order valence-electron chi connectivity index (χ1n) is 5.56. The number of rotatable bonds is 2. The molecule has 1 nitrogen and oxygen atoms in total. The molecule has 0 radical (unpaired) electrons. The summed E-state index contributed by atoms with van der Waals surface area (Å²) >= 11 is 11.8. The fourth-order valence-corrected chi connectivity index (χ4v) is 1.98. The van der Waals surface area contributed by atoms with E-state index in [1.165, 1.54) is 5.56 Å². The van der Waals surface area contributed by atoms with Gasteiger partial charge >= 0.3 is 0 Å². The maximum Gasteiger partial charge on any atom is 0.193 e. The highest BCUT2D eigenvalue weighted by Gasteiger charge is 2.11. The van der Waals surface area contributed by atoms with Crippen molar-refractivity contribution in [2.75, 3.05) is 0 Å². The van der Waals surface area contributed by atoms with Crippen LogP contribution < -0.4 is 0 Å². The van der Waals surface area contributed by atoms with Crippen LogP contribution in [0.1, 0.15) is 27.0 Å². The van der Waals surface area contributed by atoms with Crippen LogP contribution in [0.15, 0.2) is 36.4 Å². The smallest absolute Gasteiger partial charge is 0.193 e. The lowest BCUT2D eigenvalue weighted by atomic mass is 9.99. The molecule has 0 bridgehead atoms. The Balaban J connectivity index is 2.41. The summed E-state index contributed by atoms with van der Waals surface area (Å²) in [6.45, 7) is 4.00. The van der Waals surface area contributed by atoms with Crippen molar-refractivity contribution in [3.63, 3.8) is 0 Å². The fourth-order valence-electron chi connectivity index (χ4n) is 1.69. The van der Waals surface area contributed by atoms with E-state index in [2.05, 4.69) is 0 Å². The van der Waals surface area contributed by atoms with Gasteiger partial charge in [-0.05, 0) is 49.2 Å². The van der Waals surface area contributed by atoms with E-state index in [-0.39, 0.29) is 5.78 Å². The Morgan fingerprint density at radius 2 is 1.44 bits per heavy atom. The third-order valence-corrected chi connectivity index (χ3v) is 3.69. The first kappa shape index (κ1) is 13.1. The van der Waals surface area contributed by atoms with Crippen molar-refractivity contribution in [3.05, 3.63) is 68.7 Å². The molecule has 0 amide bonds. The Labute approximate surface area is 116 Å². The molecule has 18 heavy (non-hydrogen) atoms. The number of halogens is 2. The number of benzene rings is 2. The van der Waals surface area contributed by atoms with Gasteiger partial charge in [0, 0.05) is 11.1 Å². The van der Waals surface area contributed by atoms with Crippen molar-refractivity contribution in [2.24, 2.45) is 0 Å². The van der Waals surface area contributed by atoms with Gasteiger partial charge in [-0.15, -0.1) is 0 Å². The molecular formula is C15H12Cl2O. The molecule has 0 N–H and O–H groups in total. The van der Waals surface area contributed by atoms with E-state index >= 15 is 0 Å². The van der Waals surface area contributed by atoms with Gasteiger partial charge in [0.05, 0.1) is 10.0 Å². The molecule has 0 fully saturated rings. The molecule has 0 saturated heterocycles. The molecule has 0 spiro atoms. The highest BCUT2D eigenvalue weighted by molar-refractivity contribution is 6.42. The van der Waals surface area contributed by atoms with Crippen LogP contribution in [0.3, 0.4) is 0 Å². The molecule has 0 heterocycles. The van der Waals surface area contributed by atoms with Crippen LogP contribution in [-0.4, -0.2) is 5.78 Å². The number of carbonyl (C=O) groups excluding carboxylic acids is 1. The molecule has 2 aromatic carbocycles. The van der Waals surface area contributed by atoms with Gasteiger partial charge in [0.25, 0.3) is 0 Å². The topological polar surface area (TPSA) is 17.1 Å². The summed E-state index contributed by atoms with van der Waals surface area (Å²) in [6, 6.07) is 10.6. The maximum atomic E-state index is 12.3. The van der Waals surface area contributed by atoms with Gasteiger partial charge in [-0.25, -0.2) is 0 Å². The zero-order chi connectivity index (χ0) is 13.3. The average molecular weight is 279 g/mol. The summed E-state index contributed by atoms with van der Waals surface area (Å²) in [5.41, 5.74) is 3.48. The molecule has 0 aliphatic rings. The van der Waals surface area contributed by atoms with Gasteiger partial charge in [0.1, 0.15) is 0 Å². The van der Waals surface area contributed by atoms with E-state index in [1.807, 2.05) is 32.0 Å². The van der Waals surface area contributed by atoms with Gasteiger partial charge in [0.2, 0.25) is 0 Å². The number of carbonyl (C=O) groups is 1. The van der Waals surface area contributed by atoms with Crippen LogP contribution in [0.25, 0.3) is 0 Å². The minimum absolute atomic E-state index is 0.0448. The van der Waals surface area contributed by atoms with E-state index in [0.29, 0.717) is 21.2 Å². The Hall–Kier alpha value is -1.31. The summed E-state index contributed by atoms with van der Waals surface area (Å²) in [6.07, 6.45) is 0. The lowest BCUT2D eigenvalue weighted by Crippen LogP contribution is -2.02. The minimum Gasteiger partial charge on any atom is -0.289 e. The van der Waals surface area contributed by atoms with Crippen molar-refractivity contribution >= 4 is 29.0 Å². The number of hydrogen-bond donors (Lipinski definition) is 0. The monoisotopic (exact) mass is 278 g/mol. The van der Waals surface area contributed by atoms with Crippen LogP contribution in [0.5, 0.6) is 0 Å². The molecule has 2 aromatic rings. The van der Waals surface area contributed by atoms with Crippen LogP contribution >= 0.6 is 23.2 Å². The predicted molar refractivity (Wildman–Crippen MR) is 75.8 cm³/mol. The highest BCUT2D eigenvalue weighted by Crippen LogP contribution is 2.24. The zero-order valence-corrected chi connectivity index (χ0v) is 11.6. The second kappa shape index (κ2) is 5.13. The molecule has 0 saturated carbocycles. The van der Waals surface area contributed by atoms with Gasteiger partial charge < -0.3 is 0 Å². The maximum absolute atomic E-state index is 12.3. The molecule has 0 atom stereocenters. The number of ketones is 1. The van der Waals surface area contributed by atoms with Gasteiger partial charge in [-0.2, -0.15) is 0 Å². The fraction of sp³-hybridized carbons (Fsp3) is 0.133. The average Bonchev–Trinajstić information content (AvgIpc) is 2.35. The minimum atomic E-state index is -0.0448. The first-order valence-corrected chi connectivity index (χ1v) is 6.31. The van der Waals surface area contributed by atoms with Crippen molar-refractivity contribution in [3.8, 4) is 0 Å². The van der Waals surface area contributed by atoms with Crippen LogP contribution in [0.4, 0.5) is 0 Å². The predicted octanol–water partition coefficient (Wildman–Crippen LogP) is 4.84. The molecule has 0 aliphatic heterocycles. The molecule has 2 rings (SSSR count). The Morgan fingerprint density at radius 1 is 0.833 bits per heavy atom. The van der Waals surface area contributed by atoms with Gasteiger partial charge in [0.15, 0.2) is 5.78 Å². The van der Waals surface area contributed by atoms with Gasteiger partial charge in [-0.3, -0.25) is 4.79 Å². The van der Waals surface area contributed by atoms with Gasteiger partial charge in [-0.1, -0.05) is 35.3 Å². The quantitative estimate of drug-likeness (QED) is 0.719. The summed E-state index contributed by atoms with van der Waals surface area (Å²) in [5, 5.41) is 0.847. The third kappa shape index (κ3) is 2.58. The Morgan fingerprint density at radius 3 is 2.06 bits per heavy atom. The molecule has 92 valence electrons. The zero-order valence-electron chi connectivity index (χ0n) is 10.1. The molecule has 0 aromatic heterocycles. The van der Waals surface area contributed by atoms with Crippen molar-refractivity contribution in [2.45, 2.75) is 13.8 Å². The van der Waals surface area contributed by atoms with Crippen LogP contribution in [0, 0.1) is 13.8 Å². The molecular weight excluding hydrogens is 267 g/mol. The van der Waals surface area contributed by atoms with E-state index in [0.717, 1.165) is 5.56 Å². The Kier molecular flexibility index (Phi) is 3.74. The second-order valence-corrected chi connectivity index (χ2v) is 5.07. The SMILES string of the molecule is Cc1ccc(C(=O)c2ccc(Cl)c(Cl)c2)cc1C. The van der Waals surface area contributed by atoms with Crippen molar-refractivity contribution < 1.29 is 4.79 Å². The first-order chi connectivity index (χ1) is 8.49. The normalized spacial score (nSPS) is 10.4. The lowest BCUT2D eigenvalue weighted by molar-refractivity contribution is 0.103. The van der Waals surface area contributed by atoms with Crippen molar-refractivity contribution in [1.82, 2.24) is 0 Å². The highest BCUT2D eigenvalue weighted by atomic mass is 35.5. The third-order valence-electron chi connectivity index (χ3n) is 2.95. The van der Waals surface area contributed by atoms with E-state index in [1.54, 1.807) is 18.2 Å². The van der Waals surface area contributed by atoms with E-state index in [4.69, 9.17) is 23.2 Å². The summed E-state index contributed by atoms with van der Waals surface area (Å²) < 4.78 is 0. The molecule has 0 unspecified atom stereocenters. The second-order valence-electron chi connectivity index (χ2n) is 4.26. The molecule has 0 aliphatic carbocycles. The Bertz CT molecular complexity index is 564. The molecule has 3 heteroatoms. The summed E-state index contributed by atoms with van der Waals surface area (Å²) in [5.74, 6) is -0.0448. The standard InChI is InChI=1S/C15H12Cl2O/c1-9-3-4-11(7-10(9)2)15(18)12-5-6-13(16)14(17)8-12/h3-8H,1-2H3. The summed E-state index contributed by atoms with van der Waals surface area (Å²) in [4.78, 5) is 12.3. The van der Waals surface area contributed by atoms with E-state index < -0.39 is 0 Å². The van der Waals surface area contributed by atoms with Crippen LogP contribution in [0.2, 0.25) is 10.0 Å². The largest absolute Gasteiger partial charge is 0.289 e. The van der Waals surface area contributed by atoms with E-state index in [9.17, 15) is 4.79 Å².